The summed E-state index contributed by atoms with van der Waals surface area (Å²) in [5, 5.41) is 3.00. The fourth-order valence-electron chi connectivity index (χ4n) is 4.66. The highest BCUT2D eigenvalue weighted by molar-refractivity contribution is 5.79. The summed E-state index contributed by atoms with van der Waals surface area (Å²) >= 11 is 0. The summed E-state index contributed by atoms with van der Waals surface area (Å²) in [7, 11) is 1.83. The molecule has 1 unspecified atom stereocenters. The molecular weight excluding hydrogens is 304 g/mol. The number of hydrogen-bond donors (Lipinski definition) is 1. The van der Waals surface area contributed by atoms with Crippen LogP contribution in [0.4, 0.5) is 0 Å². The van der Waals surface area contributed by atoms with Gasteiger partial charge in [0.2, 0.25) is 5.91 Å². The lowest BCUT2D eigenvalue weighted by atomic mass is 9.71. The molecule has 1 saturated carbocycles. The standard InChI is InChI=1S/C19H26N2O3/c1-13-14-9-16-17(24-8-7-23-16)10-15(14)19(5-3-4-6-19)12-21(13)18(22)11-20-2/h9-10,13,20H,3-8,11-12H2,1-2H3. The molecule has 0 saturated heterocycles. The van der Waals surface area contributed by atoms with E-state index in [1.165, 1.54) is 24.0 Å². The molecule has 3 aliphatic rings. The van der Waals surface area contributed by atoms with Crippen LogP contribution < -0.4 is 14.8 Å². The van der Waals surface area contributed by atoms with Crippen molar-refractivity contribution >= 4 is 5.91 Å². The second kappa shape index (κ2) is 5.96. The molecular formula is C19H26N2O3. The first-order valence-electron chi connectivity index (χ1n) is 9.03. The lowest BCUT2D eigenvalue weighted by molar-refractivity contribution is -0.134. The number of hydrogen-bond acceptors (Lipinski definition) is 4. The fourth-order valence-corrected chi connectivity index (χ4v) is 4.66. The third-order valence-electron chi connectivity index (χ3n) is 5.89. The Morgan fingerprint density at radius 1 is 1.25 bits per heavy atom. The van der Waals surface area contributed by atoms with Gasteiger partial charge in [-0.3, -0.25) is 4.79 Å². The van der Waals surface area contributed by atoms with Crippen LogP contribution in [-0.4, -0.2) is 44.2 Å². The molecule has 0 bridgehead atoms. The van der Waals surface area contributed by atoms with Gasteiger partial charge >= 0.3 is 0 Å². The van der Waals surface area contributed by atoms with Gasteiger partial charge < -0.3 is 19.7 Å². The van der Waals surface area contributed by atoms with Gasteiger partial charge in [-0.1, -0.05) is 12.8 Å². The molecule has 24 heavy (non-hydrogen) atoms. The smallest absolute Gasteiger partial charge is 0.237 e. The highest BCUT2D eigenvalue weighted by atomic mass is 16.6. The number of carbonyl (C=O) groups is 1. The molecule has 1 spiro atoms. The van der Waals surface area contributed by atoms with Gasteiger partial charge in [0, 0.05) is 12.0 Å². The third-order valence-corrected chi connectivity index (χ3v) is 5.89. The van der Waals surface area contributed by atoms with Crippen molar-refractivity contribution in [3.63, 3.8) is 0 Å². The summed E-state index contributed by atoms with van der Waals surface area (Å²) in [6.07, 6.45) is 4.76. The largest absolute Gasteiger partial charge is 0.486 e. The molecule has 0 radical (unpaired) electrons. The Kier molecular flexibility index (Phi) is 3.91. The van der Waals surface area contributed by atoms with E-state index in [0.29, 0.717) is 19.8 Å². The molecule has 2 heterocycles. The zero-order chi connectivity index (χ0) is 16.7. The maximum atomic E-state index is 12.7. The van der Waals surface area contributed by atoms with E-state index in [9.17, 15) is 4.79 Å². The van der Waals surface area contributed by atoms with Crippen LogP contribution in [0.5, 0.6) is 11.5 Å². The minimum atomic E-state index is 0.0721. The number of fused-ring (bicyclic) bond motifs is 3. The van der Waals surface area contributed by atoms with Crippen molar-refractivity contribution in [2.45, 2.75) is 44.1 Å². The first-order valence-corrected chi connectivity index (χ1v) is 9.03. The van der Waals surface area contributed by atoms with E-state index in [2.05, 4.69) is 29.3 Å². The van der Waals surface area contributed by atoms with Gasteiger partial charge in [-0.05, 0) is 50.1 Å². The molecule has 2 aliphatic heterocycles. The molecule has 0 aromatic heterocycles. The van der Waals surface area contributed by atoms with Crippen LogP contribution in [0.25, 0.3) is 0 Å². The SMILES string of the molecule is CNCC(=O)N1CC2(CCCC2)c2cc3c(cc2C1C)OCCO3. The van der Waals surface area contributed by atoms with Crippen LogP contribution in [0.2, 0.25) is 0 Å². The summed E-state index contributed by atoms with van der Waals surface area (Å²) in [4.78, 5) is 14.7. The van der Waals surface area contributed by atoms with Gasteiger partial charge in [0.25, 0.3) is 0 Å². The van der Waals surface area contributed by atoms with Gasteiger partial charge in [-0.2, -0.15) is 0 Å². The Labute approximate surface area is 143 Å². The molecule has 1 aromatic rings. The minimum absolute atomic E-state index is 0.0721. The first kappa shape index (κ1) is 15.8. The number of carbonyl (C=O) groups excluding carboxylic acids is 1. The number of rotatable bonds is 2. The molecule has 1 aliphatic carbocycles. The number of benzene rings is 1. The number of ether oxygens (including phenoxy) is 2. The molecule has 4 rings (SSSR count). The van der Waals surface area contributed by atoms with E-state index in [0.717, 1.165) is 30.9 Å². The van der Waals surface area contributed by atoms with E-state index in [1.54, 1.807) is 0 Å². The molecule has 5 heteroatoms. The van der Waals surface area contributed by atoms with E-state index in [1.807, 2.05) is 7.05 Å². The second-order valence-corrected chi connectivity index (χ2v) is 7.30. The molecule has 1 atom stereocenters. The summed E-state index contributed by atoms with van der Waals surface area (Å²) in [6, 6.07) is 4.39. The Bertz CT molecular complexity index is 652. The summed E-state index contributed by atoms with van der Waals surface area (Å²) in [5.74, 6) is 1.87. The quantitative estimate of drug-likeness (QED) is 0.905. The monoisotopic (exact) mass is 330 g/mol. The van der Waals surface area contributed by atoms with Crippen LogP contribution in [0.3, 0.4) is 0 Å². The third kappa shape index (κ3) is 2.37. The number of amides is 1. The van der Waals surface area contributed by atoms with Crippen molar-refractivity contribution in [1.82, 2.24) is 10.2 Å². The van der Waals surface area contributed by atoms with Crippen LogP contribution in [0.1, 0.15) is 49.8 Å². The van der Waals surface area contributed by atoms with Crippen molar-refractivity contribution in [1.29, 1.82) is 0 Å². The van der Waals surface area contributed by atoms with Crippen molar-refractivity contribution in [3.8, 4) is 11.5 Å². The van der Waals surface area contributed by atoms with Crippen molar-refractivity contribution < 1.29 is 14.3 Å². The van der Waals surface area contributed by atoms with E-state index in [4.69, 9.17) is 9.47 Å². The number of nitrogens with one attached hydrogen (secondary N) is 1. The van der Waals surface area contributed by atoms with Gasteiger partial charge in [0.15, 0.2) is 11.5 Å². The summed E-state index contributed by atoms with van der Waals surface area (Å²) in [6.45, 7) is 4.54. The average Bonchev–Trinajstić information content (AvgIpc) is 3.06. The van der Waals surface area contributed by atoms with E-state index in [-0.39, 0.29) is 17.4 Å². The lowest BCUT2D eigenvalue weighted by Crippen LogP contribution is -2.50. The van der Waals surface area contributed by atoms with Crippen LogP contribution in [-0.2, 0) is 10.2 Å². The molecule has 1 fully saturated rings. The predicted octanol–water partition coefficient (Wildman–Crippen LogP) is 2.39. The number of nitrogens with zero attached hydrogens (tertiary/aromatic N) is 1. The van der Waals surface area contributed by atoms with Crippen molar-refractivity contribution in [2.75, 3.05) is 33.4 Å². The van der Waals surface area contributed by atoms with Crippen LogP contribution in [0, 0.1) is 0 Å². The Hall–Kier alpha value is -1.75. The molecule has 1 aromatic carbocycles. The predicted molar refractivity (Wildman–Crippen MR) is 91.6 cm³/mol. The van der Waals surface area contributed by atoms with E-state index >= 15 is 0 Å². The van der Waals surface area contributed by atoms with Crippen molar-refractivity contribution in [2.24, 2.45) is 0 Å². The summed E-state index contributed by atoms with van der Waals surface area (Å²) < 4.78 is 11.6. The second-order valence-electron chi connectivity index (χ2n) is 7.30. The molecule has 1 N–H and O–H groups in total. The van der Waals surface area contributed by atoms with Crippen LogP contribution >= 0.6 is 0 Å². The van der Waals surface area contributed by atoms with Crippen LogP contribution in [0.15, 0.2) is 12.1 Å². The molecule has 5 nitrogen and oxygen atoms in total. The highest BCUT2D eigenvalue weighted by Crippen LogP contribution is 2.51. The molecule has 130 valence electrons. The van der Waals surface area contributed by atoms with Gasteiger partial charge in [0.05, 0.1) is 12.6 Å². The fraction of sp³-hybridized carbons (Fsp3) is 0.632. The number of likely N-dealkylation sites (N-methyl/N-ethyl adjacent to an activating group) is 1. The van der Waals surface area contributed by atoms with E-state index < -0.39 is 0 Å². The lowest BCUT2D eigenvalue weighted by Gasteiger charge is -2.46. The molecule has 1 amide bonds. The minimum Gasteiger partial charge on any atom is -0.486 e. The van der Waals surface area contributed by atoms with Crippen molar-refractivity contribution in [3.05, 3.63) is 23.3 Å². The Morgan fingerprint density at radius 3 is 2.58 bits per heavy atom. The zero-order valence-electron chi connectivity index (χ0n) is 14.6. The van der Waals surface area contributed by atoms with Gasteiger partial charge in [-0.15, -0.1) is 0 Å². The Balaban J connectivity index is 1.81. The first-order chi connectivity index (χ1) is 11.6. The zero-order valence-corrected chi connectivity index (χ0v) is 14.6. The van der Waals surface area contributed by atoms with Gasteiger partial charge in [0.1, 0.15) is 13.2 Å². The highest BCUT2D eigenvalue weighted by Gasteiger charge is 2.46. The Morgan fingerprint density at radius 2 is 1.92 bits per heavy atom. The maximum Gasteiger partial charge on any atom is 0.237 e. The topological polar surface area (TPSA) is 50.8 Å². The summed E-state index contributed by atoms with van der Waals surface area (Å²) in [5.41, 5.74) is 2.70. The van der Waals surface area contributed by atoms with Gasteiger partial charge in [-0.25, -0.2) is 0 Å². The normalized spacial score (nSPS) is 24.1. The maximum absolute atomic E-state index is 12.7. The average molecular weight is 330 g/mol.